The highest BCUT2D eigenvalue weighted by Gasteiger charge is 2.37. The number of esters is 2. The molecule has 0 aromatic heterocycles. The van der Waals surface area contributed by atoms with E-state index in [1.165, 1.54) is 7.11 Å². The highest BCUT2D eigenvalue weighted by atomic mass is 16.6. The second-order valence-corrected chi connectivity index (χ2v) is 2.62. The molecule has 0 N–H and O–H groups in total. The molecule has 2 atom stereocenters. The molecule has 0 saturated carbocycles. The normalized spacial score (nSPS) is 29.8. The molecule has 1 aliphatic heterocycles. The van der Waals surface area contributed by atoms with Gasteiger partial charge in [0.05, 0.1) is 13.5 Å². The third-order valence-electron chi connectivity index (χ3n) is 1.70. The summed E-state index contributed by atoms with van der Waals surface area (Å²) in [5.41, 5.74) is 0. The molecule has 0 aromatic carbocycles. The summed E-state index contributed by atoms with van der Waals surface area (Å²) in [6.07, 6.45) is -0.382. The molecule has 2 unspecified atom stereocenters. The number of cyclic esters (lactones) is 1. The molecule has 0 amide bonds. The van der Waals surface area contributed by atoms with Gasteiger partial charge in [-0.2, -0.15) is 0 Å². The van der Waals surface area contributed by atoms with Crippen LogP contribution in [0.3, 0.4) is 0 Å². The maximum absolute atomic E-state index is 10.9. The molecular weight excluding hydrogens is 148 g/mol. The summed E-state index contributed by atoms with van der Waals surface area (Å²) in [4.78, 5) is 21.5. The Morgan fingerprint density at radius 2 is 2.36 bits per heavy atom. The number of carbonyl (C=O) groups is 2. The molecule has 1 aliphatic rings. The molecule has 4 nitrogen and oxygen atoms in total. The van der Waals surface area contributed by atoms with Crippen molar-refractivity contribution in [1.82, 2.24) is 0 Å². The van der Waals surface area contributed by atoms with E-state index in [2.05, 4.69) is 4.74 Å². The van der Waals surface area contributed by atoms with Crippen LogP contribution in [-0.4, -0.2) is 25.2 Å². The van der Waals surface area contributed by atoms with Gasteiger partial charge in [-0.3, -0.25) is 4.79 Å². The molecule has 62 valence electrons. The molecule has 0 spiro atoms. The molecule has 1 heterocycles. The maximum Gasteiger partial charge on any atom is 0.347 e. The SMILES string of the molecule is COC(=O)C1OC(=O)CC1C. The van der Waals surface area contributed by atoms with Gasteiger partial charge in [0.25, 0.3) is 0 Å². The summed E-state index contributed by atoms with van der Waals surface area (Å²) in [6.45, 7) is 1.78. The zero-order valence-corrected chi connectivity index (χ0v) is 6.49. The molecule has 11 heavy (non-hydrogen) atoms. The smallest absolute Gasteiger partial charge is 0.347 e. The summed E-state index contributed by atoms with van der Waals surface area (Å²) in [7, 11) is 1.28. The third-order valence-corrected chi connectivity index (χ3v) is 1.70. The Bertz CT molecular complexity index is 187. The Labute approximate surface area is 64.5 Å². The summed E-state index contributed by atoms with van der Waals surface area (Å²) >= 11 is 0. The van der Waals surface area contributed by atoms with E-state index in [4.69, 9.17) is 4.74 Å². The minimum atomic E-state index is -0.688. The van der Waals surface area contributed by atoms with Gasteiger partial charge in [-0.1, -0.05) is 6.92 Å². The topological polar surface area (TPSA) is 52.6 Å². The fourth-order valence-electron chi connectivity index (χ4n) is 1.07. The number of methoxy groups -OCH3 is 1. The predicted molar refractivity (Wildman–Crippen MR) is 35.7 cm³/mol. The summed E-state index contributed by atoms with van der Waals surface area (Å²) < 4.78 is 9.15. The first-order chi connectivity index (χ1) is 5.15. The van der Waals surface area contributed by atoms with E-state index in [0.29, 0.717) is 6.42 Å². The number of rotatable bonds is 1. The Morgan fingerprint density at radius 3 is 2.73 bits per heavy atom. The van der Waals surface area contributed by atoms with Gasteiger partial charge in [-0.25, -0.2) is 4.79 Å². The van der Waals surface area contributed by atoms with E-state index in [9.17, 15) is 9.59 Å². The Kier molecular flexibility index (Phi) is 2.12. The standard InChI is InChI=1S/C7H10O4/c1-4-3-5(8)11-6(4)7(9)10-2/h4,6H,3H2,1-2H3. The molecule has 0 aliphatic carbocycles. The molecule has 1 fully saturated rings. The molecule has 0 radical (unpaired) electrons. The van der Waals surface area contributed by atoms with Crippen LogP contribution in [0, 0.1) is 5.92 Å². The van der Waals surface area contributed by atoms with Crippen molar-refractivity contribution in [3.05, 3.63) is 0 Å². The fraction of sp³-hybridized carbons (Fsp3) is 0.714. The first-order valence-corrected chi connectivity index (χ1v) is 3.42. The van der Waals surface area contributed by atoms with Crippen molar-refractivity contribution in [2.75, 3.05) is 7.11 Å². The van der Waals surface area contributed by atoms with Crippen molar-refractivity contribution in [2.24, 2.45) is 5.92 Å². The van der Waals surface area contributed by atoms with Crippen LogP contribution < -0.4 is 0 Å². The van der Waals surface area contributed by atoms with Crippen molar-refractivity contribution in [3.63, 3.8) is 0 Å². The van der Waals surface area contributed by atoms with Crippen LogP contribution in [0.25, 0.3) is 0 Å². The summed E-state index contributed by atoms with van der Waals surface area (Å²) in [5, 5.41) is 0. The second-order valence-electron chi connectivity index (χ2n) is 2.62. The quantitative estimate of drug-likeness (QED) is 0.508. The molecule has 0 bridgehead atoms. The van der Waals surface area contributed by atoms with Crippen LogP contribution in [0.15, 0.2) is 0 Å². The minimum Gasteiger partial charge on any atom is -0.466 e. The van der Waals surface area contributed by atoms with Gasteiger partial charge >= 0.3 is 11.9 Å². The van der Waals surface area contributed by atoms with Crippen molar-refractivity contribution in [1.29, 1.82) is 0 Å². The van der Waals surface area contributed by atoms with Crippen molar-refractivity contribution in [3.8, 4) is 0 Å². The van der Waals surface area contributed by atoms with Crippen LogP contribution in [0.2, 0.25) is 0 Å². The highest BCUT2D eigenvalue weighted by molar-refractivity contribution is 5.83. The molecule has 0 aromatic rings. The monoisotopic (exact) mass is 158 g/mol. The largest absolute Gasteiger partial charge is 0.466 e. The Morgan fingerprint density at radius 1 is 1.73 bits per heavy atom. The number of carbonyl (C=O) groups excluding carboxylic acids is 2. The van der Waals surface area contributed by atoms with E-state index in [-0.39, 0.29) is 11.9 Å². The fourth-order valence-corrected chi connectivity index (χ4v) is 1.07. The van der Waals surface area contributed by atoms with Crippen molar-refractivity contribution < 1.29 is 19.1 Å². The average molecular weight is 158 g/mol. The summed E-state index contributed by atoms with van der Waals surface area (Å²) in [5.74, 6) is -0.855. The molecule has 1 rings (SSSR count). The molecule has 4 heteroatoms. The third kappa shape index (κ3) is 1.50. The van der Waals surface area contributed by atoms with Crippen LogP contribution >= 0.6 is 0 Å². The zero-order chi connectivity index (χ0) is 8.43. The molecule has 1 saturated heterocycles. The highest BCUT2D eigenvalue weighted by Crippen LogP contribution is 2.21. The molecular formula is C7H10O4. The number of hydrogen-bond acceptors (Lipinski definition) is 4. The van der Waals surface area contributed by atoms with E-state index in [1.54, 1.807) is 6.92 Å². The minimum absolute atomic E-state index is 0.0602. The van der Waals surface area contributed by atoms with Crippen molar-refractivity contribution in [2.45, 2.75) is 19.4 Å². The maximum atomic E-state index is 10.9. The van der Waals surface area contributed by atoms with Gasteiger partial charge in [0.1, 0.15) is 0 Å². The Balaban J connectivity index is 2.59. The zero-order valence-electron chi connectivity index (χ0n) is 6.49. The number of hydrogen-bond donors (Lipinski definition) is 0. The van der Waals surface area contributed by atoms with Crippen LogP contribution in [0.5, 0.6) is 0 Å². The van der Waals surface area contributed by atoms with Gasteiger partial charge in [0.2, 0.25) is 6.10 Å². The van der Waals surface area contributed by atoms with Crippen LogP contribution in [0.1, 0.15) is 13.3 Å². The van der Waals surface area contributed by atoms with E-state index >= 15 is 0 Å². The Hall–Kier alpha value is -1.06. The van der Waals surface area contributed by atoms with Crippen LogP contribution in [-0.2, 0) is 19.1 Å². The van der Waals surface area contributed by atoms with Gasteiger partial charge < -0.3 is 9.47 Å². The lowest BCUT2D eigenvalue weighted by Crippen LogP contribution is -2.26. The second kappa shape index (κ2) is 2.90. The lowest BCUT2D eigenvalue weighted by molar-refractivity contribution is -0.160. The van der Waals surface area contributed by atoms with E-state index in [1.807, 2.05) is 0 Å². The number of ether oxygens (including phenoxy) is 2. The van der Waals surface area contributed by atoms with Gasteiger partial charge in [0.15, 0.2) is 0 Å². The first-order valence-electron chi connectivity index (χ1n) is 3.42. The van der Waals surface area contributed by atoms with E-state index < -0.39 is 12.1 Å². The predicted octanol–water partition coefficient (Wildman–Crippen LogP) is 0.111. The van der Waals surface area contributed by atoms with E-state index in [0.717, 1.165) is 0 Å². The van der Waals surface area contributed by atoms with Gasteiger partial charge in [-0.15, -0.1) is 0 Å². The average Bonchev–Trinajstić information content (AvgIpc) is 2.28. The summed E-state index contributed by atoms with van der Waals surface area (Å²) in [6, 6.07) is 0. The van der Waals surface area contributed by atoms with Crippen molar-refractivity contribution >= 4 is 11.9 Å². The lowest BCUT2D eigenvalue weighted by Gasteiger charge is -2.09. The van der Waals surface area contributed by atoms with Gasteiger partial charge in [0, 0.05) is 5.92 Å². The van der Waals surface area contributed by atoms with Gasteiger partial charge in [-0.05, 0) is 0 Å². The lowest BCUT2D eigenvalue weighted by atomic mass is 10.0. The first kappa shape index (κ1) is 8.04. The van der Waals surface area contributed by atoms with Crippen LogP contribution in [0.4, 0.5) is 0 Å².